The van der Waals surface area contributed by atoms with Gasteiger partial charge in [0.1, 0.15) is 5.75 Å². The zero-order valence-electron chi connectivity index (χ0n) is 13.4. The number of hydrogen-bond acceptors (Lipinski definition) is 4. The molecule has 0 bridgehead atoms. The number of para-hydroxylation sites is 1. The number of nitrogens with zero attached hydrogens (tertiary/aromatic N) is 2. The Morgan fingerprint density at radius 3 is 2.96 bits per heavy atom. The molecule has 0 N–H and O–H groups in total. The number of benzene rings is 1. The molecular formula is C18H22N2O3. The SMILES string of the molecule is C=CCN(CC1CC(c2ccccc2OC)=NO1)C(=O)C1CC1. The van der Waals surface area contributed by atoms with Gasteiger partial charge in [0.2, 0.25) is 5.91 Å². The van der Waals surface area contributed by atoms with Gasteiger partial charge in [0.25, 0.3) is 0 Å². The Kier molecular flexibility index (Phi) is 4.65. The summed E-state index contributed by atoms with van der Waals surface area (Å²) in [6, 6.07) is 7.76. The van der Waals surface area contributed by atoms with Gasteiger partial charge in [-0.05, 0) is 25.0 Å². The van der Waals surface area contributed by atoms with E-state index in [0.29, 0.717) is 19.5 Å². The van der Waals surface area contributed by atoms with Crippen LogP contribution in [0.25, 0.3) is 0 Å². The van der Waals surface area contributed by atoms with Crippen LogP contribution in [0.2, 0.25) is 0 Å². The fraction of sp³-hybridized carbons (Fsp3) is 0.444. The summed E-state index contributed by atoms with van der Waals surface area (Å²) < 4.78 is 5.38. The van der Waals surface area contributed by atoms with Gasteiger partial charge in [0.05, 0.1) is 19.4 Å². The van der Waals surface area contributed by atoms with E-state index in [1.807, 2.05) is 29.2 Å². The summed E-state index contributed by atoms with van der Waals surface area (Å²) in [5.41, 5.74) is 1.81. The molecule has 0 spiro atoms. The normalized spacial score (nSPS) is 19.7. The summed E-state index contributed by atoms with van der Waals surface area (Å²) in [4.78, 5) is 19.7. The quantitative estimate of drug-likeness (QED) is 0.727. The van der Waals surface area contributed by atoms with Crippen LogP contribution < -0.4 is 4.74 Å². The average molecular weight is 314 g/mol. The molecule has 1 aliphatic heterocycles. The Morgan fingerprint density at radius 1 is 1.48 bits per heavy atom. The largest absolute Gasteiger partial charge is 0.496 e. The van der Waals surface area contributed by atoms with Crippen molar-refractivity contribution < 1.29 is 14.4 Å². The summed E-state index contributed by atoms with van der Waals surface area (Å²) in [6.45, 7) is 4.84. The molecule has 5 nitrogen and oxygen atoms in total. The predicted molar refractivity (Wildman–Crippen MR) is 88.5 cm³/mol. The van der Waals surface area contributed by atoms with E-state index in [0.717, 1.165) is 29.9 Å². The van der Waals surface area contributed by atoms with E-state index in [-0.39, 0.29) is 17.9 Å². The molecular weight excluding hydrogens is 292 g/mol. The minimum Gasteiger partial charge on any atom is -0.496 e. The predicted octanol–water partition coefficient (Wildman–Crippen LogP) is 2.61. The zero-order valence-corrected chi connectivity index (χ0v) is 13.4. The molecule has 122 valence electrons. The number of ether oxygens (including phenoxy) is 1. The van der Waals surface area contributed by atoms with Crippen molar-refractivity contribution in [2.75, 3.05) is 20.2 Å². The first kappa shape index (κ1) is 15.6. The first-order valence-electron chi connectivity index (χ1n) is 7.98. The first-order chi connectivity index (χ1) is 11.2. The fourth-order valence-electron chi connectivity index (χ4n) is 2.81. The van der Waals surface area contributed by atoms with E-state index < -0.39 is 0 Å². The molecule has 1 amide bonds. The smallest absolute Gasteiger partial charge is 0.226 e. The topological polar surface area (TPSA) is 51.1 Å². The van der Waals surface area contributed by atoms with Gasteiger partial charge in [-0.15, -0.1) is 6.58 Å². The highest BCUT2D eigenvalue weighted by Crippen LogP contribution is 2.31. The molecule has 1 heterocycles. The number of carbonyl (C=O) groups is 1. The van der Waals surface area contributed by atoms with Crippen molar-refractivity contribution in [2.45, 2.75) is 25.4 Å². The maximum Gasteiger partial charge on any atom is 0.226 e. The summed E-state index contributed by atoms with van der Waals surface area (Å²) in [7, 11) is 1.65. The van der Waals surface area contributed by atoms with Gasteiger partial charge in [-0.2, -0.15) is 0 Å². The van der Waals surface area contributed by atoms with Crippen LogP contribution in [0.3, 0.4) is 0 Å². The van der Waals surface area contributed by atoms with Crippen molar-refractivity contribution in [3.05, 3.63) is 42.5 Å². The Balaban J connectivity index is 1.63. The van der Waals surface area contributed by atoms with Gasteiger partial charge in [0, 0.05) is 24.4 Å². The second kappa shape index (κ2) is 6.86. The summed E-state index contributed by atoms with van der Waals surface area (Å²) in [5, 5.41) is 4.20. The Bertz CT molecular complexity index is 622. The molecule has 1 fully saturated rings. The molecule has 3 rings (SSSR count). The minimum absolute atomic E-state index is 0.113. The van der Waals surface area contributed by atoms with Crippen LogP contribution in [0.15, 0.2) is 42.1 Å². The van der Waals surface area contributed by atoms with Gasteiger partial charge in [-0.1, -0.05) is 23.4 Å². The van der Waals surface area contributed by atoms with E-state index in [1.165, 1.54) is 0 Å². The number of carbonyl (C=O) groups excluding carboxylic acids is 1. The standard InChI is InChI=1S/C18H22N2O3/c1-3-10-20(18(21)13-8-9-13)12-14-11-16(19-23-14)15-6-4-5-7-17(15)22-2/h3-7,13-14H,1,8-12H2,2H3. The fourth-order valence-corrected chi connectivity index (χ4v) is 2.81. The number of methoxy groups -OCH3 is 1. The monoisotopic (exact) mass is 314 g/mol. The molecule has 0 radical (unpaired) electrons. The Morgan fingerprint density at radius 2 is 2.26 bits per heavy atom. The lowest BCUT2D eigenvalue weighted by molar-refractivity contribution is -0.133. The average Bonchev–Trinajstić information content (AvgIpc) is 3.33. The van der Waals surface area contributed by atoms with Crippen LogP contribution in [0.1, 0.15) is 24.8 Å². The maximum absolute atomic E-state index is 12.3. The van der Waals surface area contributed by atoms with Crippen LogP contribution in [-0.4, -0.2) is 42.8 Å². The number of hydrogen-bond donors (Lipinski definition) is 0. The van der Waals surface area contributed by atoms with Gasteiger partial charge in [-0.3, -0.25) is 4.79 Å². The molecule has 23 heavy (non-hydrogen) atoms. The lowest BCUT2D eigenvalue weighted by Gasteiger charge is -2.23. The van der Waals surface area contributed by atoms with Crippen molar-refractivity contribution in [3.8, 4) is 5.75 Å². The number of rotatable bonds is 7. The summed E-state index contributed by atoms with van der Waals surface area (Å²) in [6.07, 6.45) is 4.32. The molecule has 1 aromatic carbocycles. The summed E-state index contributed by atoms with van der Waals surface area (Å²) in [5.74, 6) is 1.19. The molecule has 1 saturated carbocycles. The highest BCUT2D eigenvalue weighted by Gasteiger charge is 2.35. The maximum atomic E-state index is 12.3. The van der Waals surface area contributed by atoms with Crippen molar-refractivity contribution in [1.82, 2.24) is 4.90 Å². The molecule has 1 atom stereocenters. The number of oxime groups is 1. The van der Waals surface area contributed by atoms with Gasteiger partial charge in [-0.25, -0.2) is 0 Å². The second-order valence-electron chi connectivity index (χ2n) is 5.98. The molecule has 0 saturated heterocycles. The van der Waals surface area contributed by atoms with Crippen LogP contribution in [0.4, 0.5) is 0 Å². The van der Waals surface area contributed by atoms with Gasteiger partial charge < -0.3 is 14.5 Å². The highest BCUT2D eigenvalue weighted by molar-refractivity contribution is 6.03. The van der Waals surface area contributed by atoms with Crippen LogP contribution >= 0.6 is 0 Å². The molecule has 0 aromatic heterocycles. The third-order valence-electron chi connectivity index (χ3n) is 4.16. The lowest BCUT2D eigenvalue weighted by Crippen LogP contribution is -2.38. The van der Waals surface area contributed by atoms with Gasteiger partial charge >= 0.3 is 0 Å². The van der Waals surface area contributed by atoms with Crippen LogP contribution in [0.5, 0.6) is 5.75 Å². The molecule has 1 aromatic rings. The number of amides is 1. The van der Waals surface area contributed by atoms with Crippen LogP contribution in [0, 0.1) is 5.92 Å². The van der Waals surface area contributed by atoms with Crippen molar-refractivity contribution in [3.63, 3.8) is 0 Å². The second-order valence-corrected chi connectivity index (χ2v) is 5.98. The van der Waals surface area contributed by atoms with Gasteiger partial charge in [0.15, 0.2) is 6.10 Å². The molecule has 1 aliphatic carbocycles. The molecule has 5 heteroatoms. The first-order valence-corrected chi connectivity index (χ1v) is 7.98. The third kappa shape index (κ3) is 3.55. The van der Waals surface area contributed by atoms with Crippen molar-refractivity contribution in [1.29, 1.82) is 0 Å². The van der Waals surface area contributed by atoms with E-state index in [2.05, 4.69) is 11.7 Å². The van der Waals surface area contributed by atoms with Crippen molar-refractivity contribution in [2.24, 2.45) is 11.1 Å². The Labute approximate surface area is 136 Å². The summed E-state index contributed by atoms with van der Waals surface area (Å²) >= 11 is 0. The van der Waals surface area contributed by atoms with E-state index in [4.69, 9.17) is 9.57 Å². The zero-order chi connectivity index (χ0) is 16.2. The van der Waals surface area contributed by atoms with Crippen LogP contribution in [-0.2, 0) is 9.63 Å². The Hall–Kier alpha value is -2.30. The molecule has 2 aliphatic rings. The van der Waals surface area contributed by atoms with E-state index in [1.54, 1.807) is 13.2 Å². The minimum atomic E-state index is -0.113. The lowest BCUT2D eigenvalue weighted by atomic mass is 10.0. The van der Waals surface area contributed by atoms with E-state index in [9.17, 15) is 4.79 Å². The third-order valence-corrected chi connectivity index (χ3v) is 4.16. The van der Waals surface area contributed by atoms with Crippen molar-refractivity contribution >= 4 is 11.6 Å². The highest BCUT2D eigenvalue weighted by atomic mass is 16.6. The molecule has 1 unspecified atom stereocenters. The van der Waals surface area contributed by atoms with E-state index >= 15 is 0 Å².